The topological polar surface area (TPSA) is 0 Å². The van der Waals surface area contributed by atoms with E-state index in [1.807, 2.05) is 0 Å². The number of aryl methyl sites for hydroxylation is 2. The molecule has 0 aliphatic heterocycles. The molecular formula is C17H23BrMgSn. The fraction of sp³-hybridized carbons (Fsp3) is 0.294. The molecule has 20 heavy (non-hydrogen) atoms. The normalized spacial score (nSPS) is 10.3. The van der Waals surface area contributed by atoms with E-state index in [9.17, 15) is 0 Å². The predicted octanol–water partition coefficient (Wildman–Crippen LogP) is 4.17. The Morgan fingerprint density at radius 1 is 0.750 bits per heavy atom. The summed E-state index contributed by atoms with van der Waals surface area (Å²) in [5.74, 6) is 0. The number of halogens is 1. The second-order valence-electron chi connectivity index (χ2n) is 6.24. The van der Waals surface area contributed by atoms with Gasteiger partial charge in [0.2, 0.25) is 0 Å². The van der Waals surface area contributed by atoms with Crippen molar-refractivity contribution in [2.45, 2.75) is 28.7 Å². The van der Waals surface area contributed by atoms with E-state index in [2.05, 4.69) is 90.1 Å². The van der Waals surface area contributed by atoms with Crippen LogP contribution in [-0.4, -0.2) is 36.6 Å². The monoisotopic (exact) mass is 450 g/mol. The second-order valence-corrected chi connectivity index (χ2v) is 23.5. The first kappa shape index (κ1) is 18.5. The van der Waals surface area contributed by atoms with Crippen molar-refractivity contribution in [2.75, 3.05) is 0 Å². The first-order chi connectivity index (χ1) is 9.32. The van der Waals surface area contributed by atoms with Crippen molar-refractivity contribution in [1.82, 2.24) is 0 Å². The fourth-order valence-electron chi connectivity index (χ4n) is 1.73. The summed E-state index contributed by atoms with van der Waals surface area (Å²) in [5, 5.41) is 0. The van der Waals surface area contributed by atoms with Crippen molar-refractivity contribution in [3.05, 3.63) is 59.7 Å². The Morgan fingerprint density at radius 2 is 1.15 bits per heavy atom. The van der Waals surface area contributed by atoms with Gasteiger partial charge in [-0.1, -0.05) is 29.8 Å². The van der Waals surface area contributed by atoms with Crippen molar-refractivity contribution < 1.29 is 0 Å². The summed E-state index contributed by atoms with van der Waals surface area (Å²) in [7, 11) is 0. The van der Waals surface area contributed by atoms with E-state index in [1.54, 1.807) is 3.58 Å². The maximum atomic E-state index is 3.52. The summed E-state index contributed by atoms with van der Waals surface area (Å²) in [6.07, 6.45) is 0. The molecule has 0 aliphatic rings. The maximum absolute atomic E-state index is 3.52. The zero-order valence-electron chi connectivity index (χ0n) is 13.2. The summed E-state index contributed by atoms with van der Waals surface area (Å²) in [6.45, 7) is 4.25. The van der Waals surface area contributed by atoms with Gasteiger partial charge in [-0.05, 0) is 6.92 Å². The molecule has 0 amide bonds. The van der Waals surface area contributed by atoms with Crippen LogP contribution in [0.5, 0.6) is 0 Å². The zero-order valence-corrected chi connectivity index (χ0v) is 19.1. The molecule has 2 aromatic rings. The van der Waals surface area contributed by atoms with Crippen LogP contribution < -0.4 is 7.27 Å². The molecule has 0 heterocycles. The van der Waals surface area contributed by atoms with Gasteiger partial charge in [-0.3, -0.25) is 12.9 Å². The molecule has 104 valence electrons. The minimum atomic E-state index is -1.74. The van der Waals surface area contributed by atoms with Gasteiger partial charge < -0.3 is 0 Å². The van der Waals surface area contributed by atoms with Gasteiger partial charge in [-0.2, -0.15) is 3.69 Å². The molecule has 0 N–H and O–H groups in total. The Bertz CT molecular complexity index is 512. The Balaban J connectivity index is 0.000000204. The fourth-order valence-corrected chi connectivity index (χ4v) is 6.60. The molecule has 0 saturated heterocycles. The molecule has 0 aromatic heterocycles. The van der Waals surface area contributed by atoms with Gasteiger partial charge in [0.1, 0.15) is 0 Å². The molecule has 0 saturated carbocycles. The first-order valence-corrected chi connectivity index (χ1v) is 21.6. The quantitative estimate of drug-likeness (QED) is 0.603. The van der Waals surface area contributed by atoms with Gasteiger partial charge in [-0.15, -0.1) is 0 Å². The molecular weight excluding hydrogens is 427 g/mol. The van der Waals surface area contributed by atoms with Crippen molar-refractivity contribution in [1.29, 1.82) is 0 Å². The van der Waals surface area contributed by atoms with E-state index < -0.39 is 18.4 Å². The van der Waals surface area contributed by atoms with Crippen molar-refractivity contribution in [2.24, 2.45) is 0 Å². The molecule has 0 fully saturated rings. The molecule has 0 spiro atoms. The van der Waals surface area contributed by atoms with Gasteiger partial charge in [-0.25, -0.2) is 0 Å². The van der Waals surface area contributed by atoms with Crippen LogP contribution in [0.25, 0.3) is 0 Å². The summed E-state index contributed by atoms with van der Waals surface area (Å²) < 4.78 is 3.09. The molecule has 0 unspecified atom stereocenters. The Kier molecular flexibility index (Phi) is 8.17. The van der Waals surface area contributed by atoms with Crippen LogP contribution >= 0.6 is 12.9 Å². The third-order valence-corrected chi connectivity index (χ3v) is 11.8. The summed E-state index contributed by atoms with van der Waals surface area (Å²) in [4.78, 5) is 7.33. The van der Waals surface area contributed by atoms with Gasteiger partial charge in [0, 0.05) is 0 Å². The SMILES string of the molecule is Cc1cc[c]([Mg][Br])cc1.Cc1cc[c]([Sn]([CH3])([CH3])[CH3])cc1. The summed E-state index contributed by atoms with van der Waals surface area (Å²) in [6, 6.07) is 17.7. The first-order valence-electron chi connectivity index (χ1n) is 7.01. The predicted molar refractivity (Wildman–Crippen MR) is 99.7 cm³/mol. The molecule has 2 rings (SSSR count). The van der Waals surface area contributed by atoms with E-state index in [4.69, 9.17) is 0 Å². The molecule has 0 bridgehead atoms. The van der Waals surface area contributed by atoms with Gasteiger partial charge in [0.15, 0.2) is 0 Å². The van der Waals surface area contributed by atoms with E-state index in [0.29, 0.717) is 0 Å². The van der Waals surface area contributed by atoms with Crippen LogP contribution in [0.2, 0.25) is 14.8 Å². The average Bonchev–Trinajstić information content (AvgIpc) is 2.40. The van der Waals surface area contributed by atoms with Crippen molar-refractivity contribution in [3.63, 3.8) is 0 Å². The summed E-state index contributed by atoms with van der Waals surface area (Å²) in [5.41, 5.74) is 2.71. The average molecular weight is 450 g/mol. The van der Waals surface area contributed by atoms with Crippen molar-refractivity contribution in [3.8, 4) is 0 Å². The molecule has 2 aromatic carbocycles. The van der Waals surface area contributed by atoms with E-state index >= 15 is 0 Å². The van der Waals surface area contributed by atoms with Crippen LogP contribution in [0.4, 0.5) is 0 Å². The standard InChI is InChI=1S/2C7H7.3CH3.BrH.Mg.Sn/c2*1-7-5-3-2-4-6-7;;;;;;/h2*3-6H,1H3;3*1H3;1H;;/q;;;;;;+1;/p-1. The number of rotatable bonds is 2. The molecule has 3 heteroatoms. The van der Waals surface area contributed by atoms with Crippen LogP contribution in [0.3, 0.4) is 0 Å². The van der Waals surface area contributed by atoms with Gasteiger partial charge in [0.25, 0.3) is 0 Å². The molecule has 0 radical (unpaired) electrons. The van der Waals surface area contributed by atoms with E-state index in [-0.39, 0.29) is 18.2 Å². The van der Waals surface area contributed by atoms with Crippen LogP contribution in [-0.2, 0) is 0 Å². The number of benzene rings is 2. The van der Waals surface area contributed by atoms with Crippen molar-refractivity contribution >= 4 is 56.7 Å². The van der Waals surface area contributed by atoms with E-state index in [1.165, 1.54) is 14.8 Å². The second kappa shape index (κ2) is 8.81. The van der Waals surface area contributed by atoms with Gasteiger partial charge >= 0.3 is 91.7 Å². The zero-order chi connectivity index (χ0) is 15.2. The Hall–Kier alpha value is 0.485. The number of hydrogen-bond acceptors (Lipinski definition) is 0. The third-order valence-electron chi connectivity index (χ3n) is 3.19. The summed E-state index contributed by atoms with van der Waals surface area (Å²) >= 11 is 1.67. The van der Waals surface area contributed by atoms with E-state index in [0.717, 1.165) is 0 Å². The van der Waals surface area contributed by atoms with Crippen LogP contribution in [0, 0.1) is 13.8 Å². The van der Waals surface area contributed by atoms with Crippen LogP contribution in [0.1, 0.15) is 11.1 Å². The minimum absolute atomic E-state index is 0.112. The number of hydrogen-bond donors (Lipinski definition) is 0. The molecule has 0 aliphatic carbocycles. The third kappa shape index (κ3) is 6.96. The van der Waals surface area contributed by atoms with Crippen LogP contribution in [0.15, 0.2) is 48.5 Å². The Labute approximate surface area is 143 Å². The Morgan fingerprint density at radius 3 is 1.50 bits per heavy atom. The van der Waals surface area contributed by atoms with Gasteiger partial charge in [0.05, 0.1) is 0 Å². The molecule has 0 atom stereocenters. The molecule has 0 nitrogen and oxygen atoms in total.